The first-order valence-corrected chi connectivity index (χ1v) is 12.2. The lowest BCUT2D eigenvalue weighted by Gasteiger charge is -2.35. The Kier molecular flexibility index (Phi) is 4.72. The van der Waals surface area contributed by atoms with Crippen molar-refractivity contribution in [3.63, 3.8) is 0 Å². The second-order valence-corrected chi connectivity index (χ2v) is 10.2. The van der Waals surface area contributed by atoms with Crippen LogP contribution in [0.4, 0.5) is 0 Å². The predicted octanol–water partition coefficient (Wildman–Crippen LogP) is 2.14. The van der Waals surface area contributed by atoms with E-state index < -0.39 is 22.1 Å². The van der Waals surface area contributed by atoms with Crippen LogP contribution in [0.2, 0.25) is 5.15 Å². The van der Waals surface area contributed by atoms with Crippen molar-refractivity contribution in [2.24, 2.45) is 11.7 Å². The van der Waals surface area contributed by atoms with Crippen LogP contribution < -0.4 is 9.92 Å². The number of rotatable bonds is 5. The van der Waals surface area contributed by atoms with Crippen LogP contribution in [0.15, 0.2) is 34.8 Å². The number of thiazole rings is 1. The van der Waals surface area contributed by atoms with Crippen LogP contribution in [0.3, 0.4) is 0 Å². The van der Waals surface area contributed by atoms with Gasteiger partial charge in [0, 0.05) is 24.0 Å². The van der Waals surface area contributed by atoms with Crippen molar-refractivity contribution in [1.29, 1.82) is 0 Å². The molecule has 1 saturated carbocycles. The second-order valence-electron chi connectivity index (χ2n) is 7.52. The van der Waals surface area contributed by atoms with E-state index in [9.17, 15) is 18.0 Å². The summed E-state index contributed by atoms with van der Waals surface area (Å²) in [4.78, 5) is 30.7. The van der Waals surface area contributed by atoms with Gasteiger partial charge in [-0.05, 0) is 42.5 Å². The van der Waals surface area contributed by atoms with E-state index >= 15 is 0 Å². The van der Waals surface area contributed by atoms with E-state index in [4.69, 9.17) is 21.5 Å². The minimum absolute atomic E-state index is 0.0366. The van der Waals surface area contributed by atoms with Gasteiger partial charge in [-0.3, -0.25) is 14.0 Å². The fourth-order valence-electron chi connectivity index (χ4n) is 3.89. The van der Waals surface area contributed by atoms with Crippen molar-refractivity contribution in [3.8, 4) is 5.75 Å². The van der Waals surface area contributed by atoms with Crippen molar-refractivity contribution >= 4 is 49.8 Å². The third kappa shape index (κ3) is 3.46. The number of primary amides is 1. The molecule has 0 bridgehead atoms. The van der Waals surface area contributed by atoms with Crippen molar-refractivity contribution in [2.75, 3.05) is 6.54 Å². The minimum Gasteiger partial charge on any atom is -0.378 e. The number of halogens is 1. The first-order chi connectivity index (χ1) is 14.8. The van der Waals surface area contributed by atoms with Gasteiger partial charge in [-0.2, -0.15) is 8.42 Å². The van der Waals surface area contributed by atoms with Gasteiger partial charge in [0.05, 0.1) is 0 Å². The number of hydrogen-bond acceptors (Lipinski definition) is 7. The maximum absolute atomic E-state index is 12.9. The highest BCUT2D eigenvalue weighted by atomic mass is 35.5. The molecule has 1 unspecified atom stereocenters. The minimum atomic E-state index is -4.26. The Balaban J connectivity index is 1.47. The van der Waals surface area contributed by atoms with Crippen LogP contribution in [0, 0.1) is 5.92 Å². The summed E-state index contributed by atoms with van der Waals surface area (Å²) in [6.07, 6.45) is 3.65. The fourth-order valence-corrected chi connectivity index (χ4v) is 6.25. The monoisotopic (exact) mass is 480 g/mol. The van der Waals surface area contributed by atoms with Gasteiger partial charge in [0.25, 0.3) is 0 Å². The van der Waals surface area contributed by atoms with E-state index in [0.29, 0.717) is 29.1 Å². The molecule has 3 heterocycles. The molecule has 31 heavy (non-hydrogen) atoms. The lowest BCUT2D eigenvalue weighted by molar-refractivity contribution is -0.141. The number of nitrogens with zero attached hydrogens (tertiary/aromatic N) is 3. The molecule has 1 aromatic carbocycles. The van der Waals surface area contributed by atoms with Gasteiger partial charge in [0.1, 0.15) is 11.8 Å². The number of aromatic nitrogens is 2. The lowest BCUT2D eigenvalue weighted by atomic mass is 9.91. The summed E-state index contributed by atoms with van der Waals surface area (Å²) in [7, 11) is -4.26. The van der Waals surface area contributed by atoms with Crippen molar-refractivity contribution in [2.45, 2.75) is 30.3 Å². The Labute approximate surface area is 186 Å². The predicted molar refractivity (Wildman–Crippen MR) is 112 cm³/mol. The van der Waals surface area contributed by atoms with E-state index in [0.717, 1.165) is 12.8 Å². The Morgan fingerprint density at radius 1 is 1.29 bits per heavy atom. The number of benzene rings is 1. The summed E-state index contributed by atoms with van der Waals surface area (Å²) in [5.74, 6) is -0.648. The van der Waals surface area contributed by atoms with Gasteiger partial charge in [-0.25, -0.2) is 4.98 Å². The molecule has 0 spiro atoms. The molecule has 1 aliphatic carbocycles. The van der Waals surface area contributed by atoms with Gasteiger partial charge in [0.2, 0.25) is 16.8 Å². The topological polar surface area (TPSA) is 124 Å². The molecule has 2 aliphatic rings. The van der Waals surface area contributed by atoms with Crippen molar-refractivity contribution in [3.05, 3.63) is 46.1 Å². The van der Waals surface area contributed by atoms with E-state index in [1.54, 1.807) is 23.7 Å². The van der Waals surface area contributed by atoms with Crippen LogP contribution in [0.1, 0.15) is 30.0 Å². The van der Waals surface area contributed by atoms with Gasteiger partial charge in [0.15, 0.2) is 10.1 Å². The molecule has 5 rings (SSSR count). The average Bonchev–Trinajstić information content (AvgIpc) is 3.38. The SMILES string of the molecule is NC(=O)C1c2ccc(OS(=O)(=O)c3c(Cl)nc4sccn34)cc2CCN1C(=O)C1CC1. The molecule has 0 saturated heterocycles. The largest absolute Gasteiger partial charge is 0.378 e. The molecular weight excluding hydrogens is 464 g/mol. The molecule has 1 aliphatic heterocycles. The molecule has 2 N–H and O–H groups in total. The van der Waals surface area contributed by atoms with E-state index in [1.165, 1.54) is 26.7 Å². The van der Waals surface area contributed by atoms with Gasteiger partial charge in [-0.15, -0.1) is 11.3 Å². The molecule has 162 valence electrons. The van der Waals surface area contributed by atoms with Crippen molar-refractivity contribution in [1.82, 2.24) is 14.3 Å². The maximum atomic E-state index is 12.9. The normalized spacial score (nSPS) is 18.7. The number of hydrogen-bond donors (Lipinski definition) is 1. The van der Waals surface area contributed by atoms with Gasteiger partial charge in [-0.1, -0.05) is 17.7 Å². The van der Waals surface area contributed by atoms with Gasteiger partial charge >= 0.3 is 10.1 Å². The summed E-state index contributed by atoms with van der Waals surface area (Å²) in [5, 5.41) is 1.27. The Morgan fingerprint density at radius 2 is 2.06 bits per heavy atom. The van der Waals surface area contributed by atoms with E-state index in [1.807, 2.05) is 0 Å². The zero-order chi connectivity index (χ0) is 21.9. The highest BCUT2D eigenvalue weighted by Gasteiger charge is 2.41. The molecule has 0 radical (unpaired) electrons. The van der Waals surface area contributed by atoms with Crippen LogP contribution in [0.5, 0.6) is 5.75 Å². The van der Waals surface area contributed by atoms with E-state index in [-0.39, 0.29) is 27.8 Å². The Hall–Kier alpha value is -2.63. The molecule has 12 heteroatoms. The average molecular weight is 481 g/mol. The number of carbonyl (C=O) groups is 2. The third-order valence-electron chi connectivity index (χ3n) is 5.44. The smallest absolute Gasteiger partial charge is 0.358 e. The molecule has 2 aromatic heterocycles. The summed E-state index contributed by atoms with van der Waals surface area (Å²) >= 11 is 7.28. The number of imidazole rings is 1. The van der Waals surface area contributed by atoms with Crippen LogP contribution >= 0.6 is 22.9 Å². The number of fused-ring (bicyclic) bond motifs is 2. The molecule has 2 amide bonds. The molecule has 9 nitrogen and oxygen atoms in total. The summed E-state index contributed by atoms with van der Waals surface area (Å²) in [6.45, 7) is 0.329. The fraction of sp³-hybridized carbons (Fsp3) is 0.316. The van der Waals surface area contributed by atoms with Crippen LogP contribution in [-0.2, 0) is 26.1 Å². The zero-order valence-corrected chi connectivity index (χ0v) is 18.4. The molecular formula is C19H17ClN4O5S2. The van der Waals surface area contributed by atoms with Crippen LogP contribution in [0.25, 0.3) is 4.96 Å². The highest BCUT2D eigenvalue weighted by Crippen LogP contribution is 2.38. The molecule has 1 fully saturated rings. The number of amides is 2. The zero-order valence-electron chi connectivity index (χ0n) is 16.0. The van der Waals surface area contributed by atoms with Crippen LogP contribution in [-0.4, -0.2) is 41.1 Å². The lowest BCUT2D eigenvalue weighted by Crippen LogP contribution is -2.46. The molecule has 3 aromatic rings. The second kappa shape index (κ2) is 7.21. The van der Waals surface area contributed by atoms with Gasteiger partial charge < -0.3 is 14.8 Å². The standard InChI is InChI=1S/C19H17ClN4O5S2/c20-15-18(24-7-8-30-19(24)22-15)31(27,28)29-12-3-4-13-11(9-12)5-6-23(14(13)16(21)25)17(26)10-1-2-10/h3-4,7-10,14H,1-2,5-6H2,(H2,21,25). The summed E-state index contributed by atoms with van der Waals surface area (Å²) in [6, 6.07) is 3.70. The first-order valence-electron chi connectivity index (χ1n) is 9.54. The van der Waals surface area contributed by atoms with Crippen molar-refractivity contribution < 1.29 is 22.2 Å². The summed E-state index contributed by atoms with van der Waals surface area (Å²) < 4.78 is 32.4. The Bertz CT molecular complexity index is 1330. The van der Waals surface area contributed by atoms with E-state index in [2.05, 4.69) is 4.98 Å². The number of carbonyl (C=O) groups excluding carboxylic acids is 2. The number of nitrogens with two attached hydrogens (primary N) is 1. The molecule has 1 atom stereocenters. The third-order valence-corrected chi connectivity index (χ3v) is 7.85. The quantitative estimate of drug-likeness (QED) is 0.558. The highest BCUT2D eigenvalue weighted by molar-refractivity contribution is 7.87. The Morgan fingerprint density at radius 3 is 2.77 bits per heavy atom. The maximum Gasteiger partial charge on any atom is 0.358 e. The summed E-state index contributed by atoms with van der Waals surface area (Å²) in [5.41, 5.74) is 6.90. The first kappa shape index (κ1) is 20.3.